The normalized spacial score (nSPS) is 10.9. The number of carbonyl (C=O) groups is 1. The van der Waals surface area contributed by atoms with Gasteiger partial charge in [0.15, 0.2) is 10.3 Å². The lowest BCUT2D eigenvalue weighted by atomic mass is 10.2. The number of nitrogens with zero attached hydrogens (tertiary/aromatic N) is 3. The first-order chi connectivity index (χ1) is 14.5. The van der Waals surface area contributed by atoms with Gasteiger partial charge in [0, 0.05) is 11.2 Å². The Morgan fingerprint density at radius 2 is 1.80 bits per heavy atom. The summed E-state index contributed by atoms with van der Waals surface area (Å²) in [5.74, 6) is -0.260. The van der Waals surface area contributed by atoms with Crippen LogP contribution in [0.3, 0.4) is 0 Å². The molecule has 0 saturated heterocycles. The maximum absolute atomic E-state index is 13.2. The molecule has 1 amide bonds. The number of rotatable bonds is 5. The van der Waals surface area contributed by atoms with Gasteiger partial charge in [-0.15, -0.1) is 0 Å². The minimum atomic E-state index is -0.292. The first kappa shape index (κ1) is 20.4. The number of para-hydroxylation sites is 1. The van der Waals surface area contributed by atoms with E-state index in [-0.39, 0.29) is 22.4 Å². The minimum absolute atomic E-state index is 0.0313. The maximum atomic E-state index is 13.2. The zero-order valence-corrected chi connectivity index (χ0v) is 17.7. The SMILES string of the molecule is O=C(CSc1nc2ccccc2c(=O)n1-c1ccc(Cl)cc1)Nc1cccnc1Cl. The molecule has 9 heteroatoms. The van der Waals surface area contributed by atoms with Crippen molar-refractivity contribution in [3.63, 3.8) is 0 Å². The van der Waals surface area contributed by atoms with Crippen molar-refractivity contribution < 1.29 is 4.79 Å². The van der Waals surface area contributed by atoms with E-state index in [0.717, 1.165) is 11.8 Å². The summed E-state index contributed by atoms with van der Waals surface area (Å²) >= 11 is 13.1. The average Bonchev–Trinajstić information content (AvgIpc) is 2.75. The second-order valence-corrected chi connectivity index (χ2v) is 7.94. The maximum Gasteiger partial charge on any atom is 0.266 e. The van der Waals surface area contributed by atoms with Crippen molar-refractivity contribution in [1.29, 1.82) is 0 Å². The van der Waals surface area contributed by atoms with E-state index in [9.17, 15) is 9.59 Å². The molecule has 4 rings (SSSR count). The van der Waals surface area contributed by atoms with Crippen LogP contribution in [-0.2, 0) is 4.79 Å². The molecule has 0 aliphatic carbocycles. The Morgan fingerprint density at radius 1 is 1.03 bits per heavy atom. The molecule has 0 fully saturated rings. The summed E-state index contributed by atoms with van der Waals surface area (Å²) in [4.78, 5) is 34.1. The van der Waals surface area contributed by atoms with E-state index in [1.807, 2.05) is 6.07 Å². The van der Waals surface area contributed by atoms with Gasteiger partial charge in [-0.25, -0.2) is 9.97 Å². The van der Waals surface area contributed by atoms with Crippen molar-refractivity contribution >= 4 is 57.5 Å². The van der Waals surface area contributed by atoms with E-state index in [0.29, 0.717) is 32.5 Å². The number of pyridine rings is 1. The van der Waals surface area contributed by atoms with Crippen molar-refractivity contribution in [3.8, 4) is 5.69 Å². The molecule has 0 spiro atoms. The summed E-state index contributed by atoms with van der Waals surface area (Å²) in [7, 11) is 0. The molecule has 0 radical (unpaired) electrons. The van der Waals surface area contributed by atoms with E-state index >= 15 is 0 Å². The van der Waals surface area contributed by atoms with E-state index in [1.165, 1.54) is 10.8 Å². The van der Waals surface area contributed by atoms with Crippen LogP contribution in [0.25, 0.3) is 16.6 Å². The van der Waals surface area contributed by atoms with Crippen LogP contribution in [0.5, 0.6) is 0 Å². The van der Waals surface area contributed by atoms with Crippen molar-refractivity contribution in [1.82, 2.24) is 14.5 Å². The van der Waals surface area contributed by atoms with Crippen molar-refractivity contribution in [3.05, 3.63) is 87.4 Å². The summed E-state index contributed by atoms with van der Waals surface area (Å²) in [5, 5.41) is 4.36. The first-order valence-corrected chi connectivity index (χ1v) is 10.6. The number of amides is 1. The van der Waals surface area contributed by atoms with E-state index in [2.05, 4.69) is 15.3 Å². The average molecular weight is 457 g/mol. The number of carbonyl (C=O) groups excluding carboxylic acids is 1. The molecule has 4 aromatic rings. The zero-order valence-electron chi connectivity index (χ0n) is 15.4. The van der Waals surface area contributed by atoms with Gasteiger partial charge in [-0.3, -0.25) is 14.2 Å². The van der Waals surface area contributed by atoms with Gasteiger partial charge in [-0.1, -0.05) is 47.1 Å². The van der Waals surface area contributed by atoms with Gasteiger partial charge in [-0.05, 0) is 48.5 Å². The molecule has 0 saturated carbocycles. The highest BCUT2D eigenvalue weighted by molar-refractivity contribution is 7.99. The molecular formula is C21H14Cl2N4O2S. The van der Waals surface area contributed by atoms with Gasteiger partial charge in [0.1, 0.15) is 0 Å². The summed E-state index contributed by atoms with van der Waals surface area (Å²) in [6, 6.07) is 17.3. The van der Waals surface area contributed by atoms with Crippen molar-refractivity contribution in [2.45, 2.75) is 5.16 Å². The van der Waals surface area contributed by atoms with Crippen LogP contribution in [0.4, 0.5) is 5.69 Å². The lowest BCUT2D eigenvalue weighted by molar-refractivity contribution is -0.113. The summed E-state index contributed by atoms with van der Waals surface area (Å²) in [6.45, 7) is 0. The van der Waals surface area contributed by atoms with Crippen LogP contribution in [0.1, 0.15) is 0 Å². The van der Waals surface area contributed by atoms with Crippen LogP contribution in [0.2, 0.25) is 10.2 Å². The van der Waals surface area contributed by atoms with Gasteiger partial charge in [0.05, 0.1) is 28.0 Å². The summed E-state index contributed by atoms with van der Waals surface area (Å²) in [5.41, 5.74) is 1.37. The Morgan fingerprint density at radius 3 is 2.57 bits per heavy atom. The fourth-order valence-corrected chi connectivity index (χ4v) is 3.93. The lowest BCUT2D eigenvalue weighted by Gasteiger charge is -2.13. The molecule has 1 N–H and O–H groups in total. The molecule has 6 nitrogen and oxygen atoms in total. The van der Waals surface area contributed by atoms with E-state index < -0.39 is 0 Å². The third-order valence-electron chi connectivity index (χ3n) is 4.20. The highest BCUT2D eigenvalue weighted by Gasteiger charge is 2.15. The number of benzene rings is 2. The molecule has 0 unspecified atom stereocenters. The summed E-state index contributed by atoms with van der Waals surface area (Å²) in [6.07, 6.45) is 1.54. The minimum Gasteiger partial charge on any atom is -0.323 e. The second kappa shape index (κ2) is 8.87. The number of hydrogen-bond donors (Lipinski definition) is 1. The number of hydrogen-bond acceptors (Lipinski definition) is 5. The van der Waals surface area contributed by atoms with Gasteiger partial charge in [-0.2, -0.15) is 0 Å². The van der Waals surface area contributed by atoms with Gasteiger partial charge < -0.3 is 5.32 Å². The molecule has 0 aliphatic heterocycles. The molecule has 0 bridgehead atoms. The molecule has 0 atom stereocenters. The predicted molar refractivity (Wildman–Crippen MR) is 121 cm³/mol. The Balaban J connectivity index is 1.68. The largest absolute Gasteiger partial charge is 0.323 e. The monoisotopic (exact) mass is 456 g/mol. The zero-order chi connectivity index (χ0) is 21.1. The quantitative estimate of drug-likeness (QED) is 0.264. The van der Waals surface area contributed by atoms with Crippen molar-refractivity contribution in [2.24, 2.45) is 0 Å². The number of anilines is 1. The first-order valence-electron chi connectivity index (χ1n) is 8.84. The highest BCUT2D eigenvalue weighted by Crippen LogP contribution is 2.23. The Hall–Kier alpha value is -2.87. The fraction of sp³-hybridized carbons (Fsp3) is 0.0476. The standard InChI is InChI=1S/C21H14Cl2N4O2S/c22-13-7-9-14(10-8-13)27-20(29)15-4-1-2-5-16(15)26-21(27)30-12-18(28)25-17-6-3-11-24-19(17)23/h1-11H,12H2,(H,25,28). The molecule has 150 valence electrons. The molecular weight excluding hydrogens is 443 g/mol. The topological polar surface area (TPSA) is 76.9 Å². The number of thioether (sulfide) groups is 1. The predicted octanol–water partition coefficient (Wildman–Crippen LogP) is 4.82. The molecule has 2 aromatic heterocycles. The fourth-order valence-electron chi connectivity index (χ4n) is 2.82. The third-order valence-corrected chi connectivity index (χ3v) is 5.69. The number of halogens is 2. The highest BCUT2D eigenvalue weighted by atomic mass is 35.5. The van der Waals surface area contributed by atoms with Crippen LogP contribution in [0.15, 0.2) is 76.8 Å². The van der Waals surface area contributed by atoms with E-state index in [4.69, 9.17) is 23.2 Å². The molecule has 2 heterocycles. The summed E-state index contributed by atoms with van der Waals surface area (Å²) < 4.78 is 1.48. The Kier molecular flexibility index (Phi) is 6.03. The van der Waals surface area contributed by atoms with Crippen LogP contribution >= 0.6 is 35.0 Å². The van der Waals surface area contributed by atoms with Gasteiger partial charge in [0.2, 0.25) is 5.91 Å². The molecule has 2 aromatic carbocycles. The van der Waals surface area contributed by atoms with Crippen LogP contribution < -0.4 is 10.9 Å². The number of nitrogens with one attached hydrogen (secondary N) is 1. The lowest BCUT2D eigenvalue weighted by Crippen LogP contribution is -2.23. The van der Waals surface area contributed by atoms with Crippen molar-refractivity contribution in [2.75, 3.05) is 11.1 Å². The number of fused-ring (bicyclic) bond motifs is 1. The van der Waals surface area contributed by atoms with Gasteiger partial charge >= 0.3 is 0 Å². The van der Waals surface area contributed by atoms with Crippen LogP contribution in [0, 0.1) is 0 Å². The molecule has 0 aliphatic rings. The third kappa shape index (κ3) is 4.33. The molecule has 30 heavy (non-hydrogen) atoms. The Labute approximate surface area is 185 Å². The van der Waals surface area contributed by atoms with Crippen LogP contribution in [-0.4, -0.2) is 26.2 Å². The van der Waals surface area contributed by atoms with E-state index in [1.54, 1.807) is 54.6 Å². The Bertz CT molecular complexity index is 1290. The smallest absolute Gasteiger partial charge is 0.266 e. The second-order valence-electron chi connectivity index (χ2n) is 6.21. The number of aromatic nitrogens is 3. The van der Waals surface area contributed by atoms with Gasteiger partial charge in [0.25, 0.3) is 5.56 Å².